The maximum Gasteiger partial charge on any atom is 0.232 e. The lowest BCUT2D eigenvalue weighted by Crippen LogP contribution is -2.43. The summed E-state index contributed by atoms with van der Waals surface area (Å²) in [4.78, 5) is 18.7. The Hall–Kier alpha value is -0.950. The molecule has 1 saturated heterocycles. The average molecular weight is 391 g/mol. The Morgan fingerprint density at radius 1 is 1.29 bits per heavy atom. The first-order valence-corrected chi connectivity index (χ1v) is 8.82. The molecular weight excluding hydrogens is 367 g/mol. The van der Waals surface area contributed by atoms with E-state index in [0.29, 0.717) is 5.75 Å². The van der Waals surface area contributed by atoms with Crippen molar-refractivity contribution in [3.63, 3.8) is 0 Å². The Morgan fingerprint density at radius 2 is 2.00 bits per heavy atom. The van der Waals surface area contributed by atoms with E-state index in [2.05, 4.69) is 24.2 Å². The van der Waals surface area contributed by atoms with Gasteiger partial charge in [0.05, 0.1) is 11.4 Å². The zero-order chi connectivity index (χ0) is 15.5. The maximum absolute atomic E-state index is 12.2. The number of aromatic nitrogens is 2. The predicted octanol–water partition coefficient (Wildman–Crippen LogP) is 2.67. The molecular formula is C16H24Cl2N4OS. The number of carbonyl (C=O) groups excluding carboxylic acids is 1. The van der Waals surface area contributed by atoms with Crippen molar-refractivity contribution in [2.45, 2.75) is 31.6 Å². The minimum absolute atomic E-state index is 0. The molecule has 0 aliphatic carbocycles. The predicted molar refractivity (Wildman–Crippen MR) is 104 cm³/mol. The molecule has 8 heteroatoms. The van der Waals surface area contributed by atoms with Crippen molar-refractivity contribution < 1.29 is 4.79 Å². The number of amides is 1. The van der Waals surface area contributed by atoms with Crippen LogP contribution in [0.2, 0.25) is 0 Å². The third kappa shape index (κ3) is 5.28. The fourth-order valence-electron chi connectivity index (χ4n) is 2.71. The molecule has 1 aliphatic heterocycles. The highest BCUT2D eigenvalue weighted by molar-refractivity contribution is 7.99. The molecule has 0 saturated carbocycles. The van der Waals surface area contributed by atoms with Crippen molar-refractivity contribution in [1.29, 1.82) is 0 Å². The van der Waals surface area contributed by atoms with E-state index in [-0.39, 0.29) is 36.8 Å². The molecule has 2 N–H and O–H groups in total. The number of thioether (sulfide) groups is 1. The second-order valence-corrected chi connectivity index (χ2v) is 6.90. The number of rotatable bonds is 4. The topological polar surface area (TPSA) is 63.6 Å². The van der Waals surface area contributed by atoms with Gasteiger partial charge < -0.3 is 15.0 Å². The van der Waals surface area contributed by atoms with E-state index in [1.165, 1.54) is 5.56 Å². The van der Waals surface area contributed by atoms with Crippen LogP contribution in [0.4, 0.5) is 0 Å². The molecule has 0 aromatic carbocycles. The number of nitrogens with two attached hydrogens (primary N) is 1. The van der Waals surface area contributed by atoms with Gasteiger partial charge in [0.2, 0.25) is 5.91 Å². The molecule has 1 aliphatic rings. The number of hydrogen-bond acceptors (Lipinski definition) is 4. The Bertz CT molecular complexity index is 671. The Kier molecular flexibility index (Phi) is 8.36. The first-order chi connectivity index (χ1) is 10.6. The number of aryl methyl sites for hydroxylation is 1. The lowest BCUT2D eigenvalue weighted by atomic mass is 10.1. The van der Waals surface area contributed by atoms with Gasteiger partial charge in [0.1, 0.15) is 5.65 Å². The summed E-state index contributed by atoms with van der Waals surface area (Å²) in [5.74, 6) is 1.50. The van der Waals surface area contributed by atoms with Crippen molar-refractivity contribution in [2.75, 3.05) is 18.8 Å². The van der Waals surface area contributed by atoms with E-state index in [1.807, 2.05) is 21.6 Å². The van der Waals surface area contributed by atoms with Crippen molar-refractivity contribution in [3.05, 3.63) is 35.8 Å². The van der Waals surface area contributed by atoms with Gasteiger partial charge in [-0.1, -0.05) is 6.07 Å². The van der Waals surface area contributed by atoms with Gasteiger partial charge in [0.25, 0.3) is 0 Å². The van der Waals surface area contributed by atoms with Crippen molar-refractivity contribution in [3.8, 4) is 0 Å². The minimum Gasteiger partial charge on any atom is -0.342 e. The summed E-state index contributed by atoms with van der Waals surface area (Å²) in [6.07, 6.45) is 5.95. The van der Waals surface area contributed by atoms with Crippen LogP contribution in [0.5, 0.6) is 0 Å². The number of imidazole rings is 1. The van der Waals surface area contributed by atoms with Crippen molar-refractivity contribution in [1.82, 2.24) is 14.3 Å². The van der Waals surface area contributed by atoms with Crippen LogP contribution in [0, 0.1) is 6.92 Å². The Morgan fingerprint density at radius 3 is 2.71 bits per heavy atom. The zero-order valence-corrected chi connectivity index (χ0v) is 16.1. The second kappa shape index (κ2) is 9.51. The van der Waals surface area contributed by atoms with Gasteiger partial charge in [0, 0.05) is 37.3 Å². The van der Waals surface area contributed by atoms with E-state index in [1.54, 1.807) is 11.8 Å². The normalized spacial score (nSPS) is 15.0. The van der Waals surface area contributed by atoms with E-state index in [4.69, 9.17) is 5.73 Å². The number of piperidine rings is 1. The molecule has 3 rings (SSSR count). The third-order valence-corrected chi connectivity index (χ3v) is 4.97. The monoisotopic (exact) mass is 390 g/mol. The summed E-state index contributed by atoms with van der Waals surface area (Å²) in [5, 5.41) is 0. The highest BCUT2D eigenvalue weighted by Gasteiger charge is 2.20. The average Bonchev–Trinajstić information content (AvgIpc) is 2.89. The number of pyridine rings is 1. The number of likely N-dealkylation sites (tertiary alicyclic amines) is 1. The van der Waals surface area contributed by atoms with Gasteiger partial charge in [-0.15, -0.1) is 36.6 Å². The van der Waals surface area contributed by atoms with E-state index in [0.717, 1.165) is 43.0 Å². The van der Waals surface area contributed by atoms with Crippen molar-refractivity contribution in [2.24, 2.45) is 5.73 Å². The Labute approximate surface area is 159 Å². The van der Waals surface area contributed by atoms with Gasteiger partial charge in [-0.3, -0.25) is 4.79 Å². The summed E-state index contributed by atoms with van der Waals surface area (Å²) in [6, 6.07) is 4.34. The molecule has 134 valence electrons. The lowest BCUT2D eigenvalue weighted by molar-refractivity contribution is -0.129. The molecule has 2 aromatic heterocycles. The molecule has 1 fully saturated rings. The fraction of sp³-hybridized carbons (Fsp3) is 0.500. The second-order valence-electron chi connectivity index (χ2n) is 5.92. The summed E-state index contributed by atoms with van der Waals surface area (Å²) in [7, 11) is 0. The van der Waals surface area contributed by atoms with E-state index in [9.17, 15) is 4.79 Å². The molecule has 0 unspecified atom stereocenters. The van der Waals surface area contributed by atoms with Gasteiger partial charge in [-0.05, 0) is 31.4 Å². The van der Waals surface area contributed by atoms with Crippen LogP contribution in [0.25, 0.3) is 5.65 Å². The molecule has 1 amide bonds. The largest absolute Gasteiger partial charge is 0.342 e. The molecule has 5 nitrogen and oxygen atoms in total. The molecule has 0 bridgehead atoms. The first kappa shape index (κ1) is 21.1. The molecule has 3 heterocycles. The standard InChI is InChI=1S/C16H22N4OS.2ClH/c1-12-2-3-15-18-14(9-20(15)8-12)10-22-11-16(21)19-6-4-13(17)5-7-19;;/h2-3,8-9,13H,4-7,10-11,17H2,1H3;2*1H. The maximum atomic E-state index is 12.2. The third-order valence-electron chi connectivity index (χ3n) is 4.02. The highest BCUT2D eigenvalue weighted by Crippen LogP contribution is 2.16. The number of hydrogen-bond donors (Lipinski definition) is 1. The van der Waals surface area contributed by atoms with E-state index >= 15 is 0 Å². The first-order valence-electron chi connectivity index (χ1n) is 7.67. The van der Waals surface area contributed by atoms with Gasteiger partial charge in [-0.2, -0.15) is 0 Å². The van der Waals surface area contributed by atoms with Crippen LogP contribution in [0.1, 0.15) is 24.1 Å². The SMILES string of the molecule is Cc1ccc2nc(CSCC(=O)N3CCC(N)CC3)cn2c1.Cl.Cl. The van der Waals surface area contributed by atoms with Gasteiger partial charge in [0.15, 0.2) is 0 Å². The molecule has 24 heavy (non-hydrogen) atoms. The zero-order valence-electron chi connectivity index (χ0n) is 13.7. The van der Waals surface area contributed by atoms with Crippen LogP contribution < -0.4 is 5.73 Å². The quantitative estimate of drug-likeness (QED) is 0.871. The molecule has 0 atom stereocenters. The summed E-state index contributed by atoms with van der Waals surface area (Å²) >= 11 is 1.63. The number of nitrogens with zero attached hydrogens (tertiary/aromatic N) is 3. The number of halogens is 2. The molecule has 0 spiro atoms. The molecule has 0 radical (unpaired) electrons. The summed E-state index contributed by atoms with van der Waals surface area (Å²) < 4.78 is 2.04. The minimum atomic E-state index is 0. The summed E-state index contributed by atoms with van der Waals surface area (Å²) in [5.41, 5.74) is 9.05. The van der Waals surface area contributed by atoms with Crippen molar-refractivity contribution >= 4 is 48.1 Å². The smallest absolute Gasteiger partial charge is 0.232 e. The number of fused-ring (bicyclic) bond motifs is 1. The fourth-order valence-corrected chi connectivity index (χ4v) is 3.52. The van der Waals surface area contributed by atoms with Gasteiger partial charge in [-0.25, -0.2) is 4.98 Å². The van der Waals surface area contributed by atoms with Crippen LogP contribution in [0.15, 0.2) is 24.5 Å². The lowest BCUT2D eigenvalue weighted by Gasteiger charge is -2.30. The van der Waals surface area contributed by atoms with Crippen LogP contribution in [0.3, 0.4) is 0 Å². The highest BCUT2D eigenvalue weighted by atomic mass is 35.5. The van der Waals surface area contributed by atoms with Crippen LogP contribution >= 0.6 is 36.6 Å². The Balaban J connectivity index is 0.00000144. The summed E-state index contributed by atoms with van der Waals surface area (Å²) in [6.45, 7) is 3.67. The van der Waals surface area contributed by atoms with Crippen LogP contribution in [-0.2, 0) is 10.5 Å². The van der Waals surface area contributed by atoms with Gasteiger partial charge >= 0.3 is 0 Å². The van der Waals surface area contributed by atoms with Crippen LogP contribution in [-0.4, -0.2) is 45.1 Å². The molecule has 2 aromatic rings. The number of carbonyl (C=O) groups is 1. The van der Waals surface area contributed by atoms with E-state index < -0.39 is 0 Å².